The smallest absolute Gasteiger partial charge is 0.242 e. The number of guanidine groups is 1. The summed E-state index contributed by atoms with van der Waals surface area (Å²) in [7, 11) is 1.57. The van der Waals surface area contributed by atoms with Gasteiger partial charge in [0.2, 0.25) is 17.7 Å². The van der Waals surface area contributed by atoms with Crippen molar-refractivity contribution < 1.29 is 18.8 Å². The molecule has 0 spiro atoms. The van der Waals surface area contributed by atoms with E-state index in [1.165, 1.54) is 12.1 Å². The van der Waals surface area contributed by atoms with Crippen LogP contribution in [0.15, 0.2) is 66.7 Å². The molecule has 1 aliphatic heterocycles. The van der Waals surface area contributed by atoms with Gasteiger partial charge in [-0.25, -0.2) is 4.39 Å². The third kappa shape index (κ3) is 8.99. The molecular formula is C32H40FN7O3. The first kappa shape index (κ1) is 31.4. The molecule has 0 bridgehead atoms. The Morgan fingerprint density at radius 1 is 1.07 bits per heavy atom. The molecule has 3 aromatic carbocycles. The first-order valence-electron chi connectivity index (χ1n) is 14.6. The number of hydrogen-bond acceptors (Lipinski definition) is 5. The van der Waals surface area contributed by atoms with Gasteiger partial charge in [-0.3, -0.25) is 19.8 Å². The van der Waals surface area contributed by atoms with Crippen LogP contribution in [0.25, 0.3) is 10.8 Å². The number of fused-ring (bicyclic) bond motifs is 1. The lowest BCUT2D eigenvalue weighted by Gasteiger charge is -2.31. The van der Waals surface area contributed by atoms with E-state index in [1.807, 2.05) is 36.4 Å². The monoisotopic (exact) mass is 589 g/mol. The lowest BCUT2D eigenvalue weighted by Crippen LogP contribution is -2.54. The Hall–Kier alpha value is -4.51. The Morgan fingerprint density at radius 2 is 1.79 bits per heavy atom. The summed E-state index contributed by atoms with van der Waals surface area (Å²) in [6, 6.07) is 18.3. The maximum atomic E-state index is 14.0. The number of benzene rings is 3. The molecule has 4 rings (SSSR count). The quantitative estimate of drug-likeness (QED) is 0.108. The van der Waals surface area contributed by atoms with E-state index in [2.05, 4.69) is 27.3 Å². The minimum atomic E-state index is -0.717. The van der Waals surface area contributed by atoms with E-state index in [9.17, 15) is 18.8 Å². The topological polar surface area (TPSA) is 152 Å². The highest BCUT2D eigenvalue weighted by Crippen LogP contribution is 2.21. The van der Waals surface area contributed by atoms with Gasteiger partial charge in [0, 0.05) is 39.1 Å². The number of rotatable bonds is 12. The molecule has 3 atom stereocenters. The molecule has 43 heavy (non-hydrogen) atoms. The summed E-state index contributed by atoms with van der Waals surface area (Å²) in [5.74, 6) is -1.13. The molecule has 1 saturated heterocycles. The fourth-order valence-electron chi connectivity index (χ4n) is 5.44. The van der Waals surface area contributed by atoms with Crippen LogP contribution < -0.4 is 27.0 Å². The Bertz CT molecular complexity index is 1430. The second-order valence-electron chi connectivity index (χ2n) is 10.8. The highest BCUT2D eigenvalue weighted by Gasteiger charge is 2.37. The van der Waals surface area contributed by atoms with Crippen molar-refractivity contribution in [1.82, 2.24) is 26.2 Å². The summed E-state index contributed by atoms with van der Waals surface area (Å²) in [5, 5.41) is 21.4. The van der Waals surface area contributed by atoms with Crippen LogP contribution in [-0.4, -0.2) is 73.4 Å². The van der Waals surface area contributed by atoms with Gasteiger partial charge in [0.25, 0.3) is 0 Å². The number of hydrogen-bond donors (Lipinski definition) is 6. The number of carbonyl (C=O) groups excluding carboxylic acids is 3. The van der Waals surface area contributed by atoms with Crippen LogP contribution in [0.3, 0.4) is 0 Å². The number of amides is 3. The van der Waals surface area contributed by atoms with Gasteiger partial charge < -0.3 is 31.9 Å². The maximum absolute atomic E-state index is 14.0. The zero-order valence-corrected chi connectivity index (χ0v) is 24.4. The fourth-order valence-corrected chi connectivity index (χ4v) is 5.44. The molecule has 11 heteroatoms. The molecule has 1 aliphatic rings. The van der Waals surface area contributed by atoms with Gasteiger partial charge in [-0.05, 0) is 53.3 Å². The Morgan fingerprint density at radius 3 is 2.51 bits per heavy atom. The molecule has 0 radical (unpaired) electrons. The molecule has 3 aromatic rings. The van der Waals surface area contributed by atoms with Gasteiger partial charge in [0.1, 0.15) is 11.9 Å². The van der Waals surface area contributed by atoms with Crippen LogP contribution in [0.5, 0.6) is 0 Å². The van der Waals surface area contributed by atoms with Crippen LogP contribution in [-0.2, 0) is 27.2 Å². The van der Waals surface area contributed by atoms with Crippen LogP contribution in [0.4, 0.5) is 4.39 Å². The number of nitrogens with one attached hydrogen (secondary N) is 5. The SMILES string of the molecule is CNC(=O)[C@H](Cc1ccc2ccccc2c1)N1CC[C@@H](CNC(=O)Cc2ccc(F)cc2)N[C@H](CCCNC(=N)N)C1=O. The molecule has 10 nitrogen and oxygen atoms in total. The highest BCUT2D eigenvalue weighted by atomic mass is 19.1. The minimum absolute atomic E-state index is 0.114. The van der Waals surface area contributed by atoms with E-state index >= 15 is 0 Å². The van der Waals surface area contributed by atoms with Crippen molar-refractivity contribution >= 4 is 34.5 Å². The normalized spacial score (nSPS) is 17.6. The highest BCUT2D eigenvalue weighted by molar-refractivity contribution is 5.90. The predicted octanol–water partition coefficient (Wildman–Crippen LogP) is 1.82. The number of nitrogens with two attached hydrogens (primary N) is 1. The van der Waals surface area contributed by atoms with E-state index in [1.54, 1.807) is 24.1 Å². The van der Waals surface area contributed by atoms with E-state index in [4.69, 9.17) is 11.1 Å². The fraction of sp³-hybridized carbons (Fsp3) is 0.375. The molecule has 1 heterocycles. The van der Waals surface area contributed by atoms with Crippen molar-refractivity contribution in [2.75, 3.05) is 26.7 Å². The van der Waals surface area contributed by atoms with E-state index < -0.39 is 12.1 Å². The van der Waals surface area contributed by atoms with E-state index in [0.29, 0.717) is 50.9 Å². The summed E-state index contributed by atoms with van der Waals surface area (Å²) in [5.41, 5.74) is 7.06. The zero-order chi connectivity index (χ0) is 30.8. The van der Waals surface area contributed by atoms with E-state index in [-0.39, 0.29) is 42.0 Å². The predicted molar refractivity (Wildman–Crippen MR) is 165 cm³/mol. The third-order valence-electron chi connectivity index (χ3n) is 7.71. The van der Waals surface area contributed by atoms with Crippen molar-refractivity contribution in [3.05, 3.63) is 83.7 Å². The summed E-state index contributed by atoms with van der Waals surface area (Å²) in [6.45, 7) is 1.05. The third-order valence-corrected chi connectivity index (χ3v) is 7.71. The van der Waals surface area contributed by atoms with Gasteiger partial charge in [0.05, 0.1) is 12.5 Å². The summed E-state index contributed by atoms with van der Waals surface area (Å²) in [4.78, 5) is 41.5. The zero-order valence-electron chi connectivity index (χ0n) is 24.4. The molecule has 0 unspecified atom stereocenters. The van der Waals surface area contributed by atoms with Gasteiger partial charge >= 0.3 is 0 Å². The van der Waals surface area contributed by atoms with Crippen molar-refractivity contribution in [2.45, 2.75) is 50.2 Å². The van der Waals surface area contributed by atoms with Crippen LogP contribution in [0, 0.1) is 11.2 Å². The van der Waals surface area contributed by atoms with Gasteiger partial charge in [-0.2, -0.15) is 0 Å². The standard InChI is InChI=1S/C32H40FN7O3/c1-36-30(42)28(18-22-8-11-23-5-2-3-6-24(23)17-22)40-16-14-26(39-27(31(40)43)7-4-15-37-32(34)35)20-38-29(41)19-21-9-12-25(33)13-10-21/h2-3,5-6,8-13,17,26-28,39H,4,7,14-16,18-20H2,1H3,(H,36,42)(H,38,41)(H4,34,35,37)/t26-,27+,28-/m0/s1. The molecule has 228 valence electrons. The number of likely N-dealkylation sites (N-methyl/N-ethyl adjacent to an activating group) is 1. The summed E-state index contributed by atoms with van der Waals surface area (Å²) in [6.07, 6.45) is 2.01. The molecule has 0 aromatic heterocycles. The first-order chi connectivity index (χ1) is 20.7. The lowest BCUT2D eigenvalue weighted by molar-refractivity contribution is -0.141. The van der Waals surface area contributed by atoms with Crippen LogP contribution in [0.2, 0.25) is 0 Å². The van der Waals surface area contributed by atoms with Crippen molar-refractivity contribution in [3.63, 3.8) is 0 Å². The van der Waals surface area contributed by atoms with Crippen molar-refractivity contribution in [1.29, 1.82) is 5.41 Å². The second kappa shape index (κ2) is 15.1. The largest absolute Gasteiger partial charge is 0.370 e. The van der Waals surface area contributed by atoms with Gasteiger partial charge in [-0.1, -0.05) is 54.6 Å². The lowest BCUT2D eigenvalue weighted by atomic mass is 9.99. The Labute approximate surface area is 251 Å². The second-order valence-corrected chi connectivity index (χ2v) is 10.8. The number of halogens is 1. The number of nitrogens with zero attached hydrogens (tertiary/aromatic N) is 1. The van der Waals surface area contributed by atoms with Gasteiger partial charge in [-0.15, -0.1) is 0 Å². The summed E-state index contributed by atoms with van der Waals surface area (Å²) >= 11 is 0. The average Bonchev–Trinajstić information content (AvgIpc) is 3.15. The maximum Gasteiger partial charge on any atom is 0.242 e. The molecular weight excluding hydrogens is 549 g/mol. The molecule has 7 N–H and O–H groups in total. The average molecular weight is 590 g/mol. The van der Waals surface area contributed by atoms with Crippen molar-refractivity contribution in [3.8, 4) is 0 Å². The van der Waals surface area contributed by atoms with Gasteiger partial charge in [0.15, 0.2) is 5.96 Å². The molecule has 1 fully saturated rings. The van der Waals surface area contributed by atoms with Crippen molar-refractivity contribution in [2.24, 2.45) is 5.73 Å². The summed E-state index contributed by atoms with van der Waals surface area (Å²) < 4.78 is 13.2. The first-order valence-corrected chi connectivity index (χ1v) is 14.6. The Kier molecular flexibility index (Phi) is 11.0. The molecule has 0 saturated carbocycles. The van der Waals surface area contributed by atoms with E-state index in [0.717, 1.165) is 16.3 Å². The van der Waals surface area contributed by atoms with Crippen LogP contribution in [0.1, 0.15) is 30.4 Å². The van der Waals surface area contributed by atoms with Crippen LogP contribution >= 0.6 is 0 Å². The molecule has 0 aliphatic carbocycles. The minimum Gasteiger partial charge on any atom is -0.370 e. The molecule has 3 amide bonds. The Balaban J connectivity index is 1.49. The number of carbonyl (C=O) groups is 3.